The first-order chi connectivity index (χ1) is 9.35. The smallest absolute Gasteiger partial charge is 0.187 e. The molecular formula is C15H18N2OS. The van der Waals surface area contributed by atoms with Gasteiger partial charge in [-0.25, -0.2) is 4.98 Å². The lowest BCUT2D eigenvalue weighted by Gasteiger charge is -2.04. The SMILES string of the molecule is COc1cccc(Nc2nc3c(s2)CCCCC3)c1. The number of ether oxygens (including phenoxy) is 1. The summed E-state index contributed by atoms with van der Waals surface area (Å²) in [5.41, 5.74) is 2.33. The van der Waals surface area contributed by atoms with Crippen molar-refractivity contribution in [3.63, 3.8) is 0 Å². The molecule has 4 heteroatoms. The van der Waals surface area contributed by atoms with Gasteiger partial charge in [0.1, 0.15) is 5.75 Å². The fraction of sp³-hybridized carbons (Fsp3) is 0.400. The van der Waals surface area contributed by atoms with Crippen LogP contribution in [-0.2, 0) is 12.8 Å². The number of rotatable bonds is 3. The van der Waals surface area contributed by atoms with Crippen LogP contribution in [0.5, 0.6) is 5.75 Å². The van der Waals surface area contributed by atoms with Crippen molar-refractivity contribution in [1.82, 2.24) is 4.98 Å². The fourth-order valence-corrected chi connectivity index (χ4v) is 3.48. The summed E-state index contributed by atoms with van der Waals surface area (Å²) in [4.78, 5) is 6.19. The third-order valence-corrected chi connectivity index (χ3v) is 4.49. The maximum absolute atomic E-state index is 5.23. The van der Waals surface area contributed by atoms with Crippen molar-refractivity contribution in [2.75, 3.05) is 12.4 Å². The van der Waals surface area contributed by atoms with Gasteiger partial charge in [-0.05, 0) is 37.8 Å². The van der Waals surface area contributed by atoms with Gasteiger partial charge in [0.15, 0.2) is 5.13 Å². The summed E-state index contributed by atoms with van der Waals surface area (Å²) < 4.78 is 5.23. The van der Waals surface area contributed by atoms with Crippen LogP contribution in [0.15, 0.2) is 24.3 Å². The van der Waals surface area contributed by atoms with E-state index in [9.17, 15) is 0 Å². The molecular weight excluding hydrogens is 256 g/mol. The van der Waals surface area contributed by atoms with Gasteiger partial charge in [0.05, 0.1) is 12.8 Å². The molecule has 0 bridgehead atoms. The molecule has 0 unspecified atom stereocenters. The summed E-state index contributed by atoms with van der Waals surface area (Å²) in [6.07, 6.45) is 6.23. The molecule has 0 spiro atoms. The first kappa shape index (κ1) is 12.5. The highest BCUT2D eigenvalue weighted by Crippen LogP contribution is 2.31. The minimum Gasteiger partial charge on any atom is -0.497 e. The van der Waals surface area contributed by atoms with E-state index in [2.05, 4.69) is 5.32 Å². The Morgan fingerprint density at radius 1 is 1.21 bits per heavy atom. The van der Waals surface area contributed by atoms with Crippen molar-refractivity contribution >= 4 is 22.2 Å². The van der Waals surface area contributed by atoms with Crippen LogP contribution in [-0.4, -0.2) is 12.1 Å². The van der Waals surface area contributed by atoms with Crippen molar-refractivity contribution in [1.29, 1.82) is 0 Å². The normalized spacial score (nSPS) is 14.6. The summed E-state index contributed by atoms with van der Waals surface area (Å²) in [6, 6.07) is 7.96. The number of hydrogen-bond donors (Lipinski definition) is 1. The first-order valence-corrected chi connectivity index (χ1v) is 7.56. The molecule has 0 aliphatic heterocycles. The van der Waals surface area contributed by atoms with Crippen molar-refractivity contribution in [2.45, 2.75) is 32.1 Å². The lowest BCUT2D eigenvalue weighted by molar-refractivity contribution is 0.415. The summed E-state index contributed by atoms with van der Waals surface area (Å²) >= 11 is 1.79. The van der Waals surface area contributed by atoms with Crippen LogP contribution in [0.3, 0.4) is 0 Å². The number of aryl methyl sites for hydroxylation is 2. The molecule has 0 atom stereocenters. The second kappa shape index (κ2) is 5.61. The van der Waals surface area contributed by atoms with Crippen molar-refractivity contribution in [2.24, 2.45) is 0 Å². The monoisotopic (exact) mass is 274 g/mol. The molecule has 1 heterocycles. The number of methoxy groups -OCH3 is 1. The number of fused-ring (bicyclic) bond motifs is 1. The molecule has 0 saturated heterocycles. The van der Waals surface area contributed by atoms with Crippen LogP contribution >= 0.6 is 11.3 Å². The second-order valence-electron chi connectivity index (χ2n) is 4.81. The summed E-state index contributed by atoms with van der Waals surface area (Å²) in [5.74, 6) is 0.864. The maximum atomic E-state index is 5.23. The van der Waals surface area contributed by atoms with Gasteiger partial charge >= 0.3 is 0 Å². The molecule has 3 rings (SSSR count). The molecule has 1 aliphatic carbocycles. The van der Waals surface area contributed by atoms with Crippen LogP contribution in [0, 0.1) is 0 Å². The molecule has 0 radical (unpaired) electrons. The van der Waals surface area contributed by atoms with E-state index in [0.717, 1.165) is 23.0 Å². The third-order valence-electron chi connectivity index (χ3n) is 3.42. The van der Waals surface area contributed by atoms with E-state index in [1.165, 1.54) is 36.3 Å². The average Bonchev–Trinajstić information content (AvgIpc) is 2.68. The molecule has 1 aromatic heterocycles. The Morgan fingerprint density at radius 2 is 2.11 bits per heavy atom. The number of hydrogen-bond acceptors (Lipinski definition) is 4. The predicted molar refractivity (Wildman–Crippen MR) is 79.6 cm³/mol. The van der Waals surface area contributed by atoms with Crippen LogP contribution in [0.25, 0.3) is 0 Å². The minimum atomic E-state index is 0.864. The Labute approximate surface area is 117 Å². The topological polar surface area (TPSA) is 34.1 Å². The number of thiazole rings is 1. The number of nitrogens with one attached hydrogen (secondary N) is 1. The molecule has 2 aromatic rings. The predicted octanol–water partition coefficient (Wildman–Crippen LogP) is 4.16. The zero-order chi connectivity index (χ0) is 13.1. The van der Waals surface area contributed by atoms with E-state index in [4.69, 9.17) is 9.72 Å². The fourth-order valence-electron chi connectivity index (χ4n) is 2.41. The molecule has 1 aliphatic rings. The van der Waals surface area contributed by atoms with Crippen molar-refractivity contribution in [3.8, 4) is 5.75 Å². The zero-order valence-corrected chi connectivity index (χ0v) is 11.9. The number of anilines is 2. The lowest BCUT2D eigenvalue weighted by Crippen LogP contribution is -1.92. The first-order valence-electron chi connectivity index (χ1n) is 6.75. The van der Waals surface area contributed by atoms with E-state index < -0.39 is 0 Å². The Bertz CT molecular complexity index is 542. The van der Waals surface area contributed by atoms with Crippen LogP contribution in [0.1, 0.15) is 29.8 Å². The van der Waals surface area contributed by atoms with Gasteiger partial charge in [0.25, 0.3) is 0 Å². The van der Waals surface area contributed by atoms with E-state index in [-0.39, 0.29) is 0 Å². The van der Waals surface area contributed by atoms with Crippen LogP contribution in [0.2, 0.25) is 0 Å². The highest BCUT2D eigenvalue weighted by molar-refractivity contribution is 7.15. The molecule has 100 valence electrons. The molecule has 1 N–H and O–H groups in total. The maximum Gasteiger partial charge on any atom is 0.187 e. The largest absolute Gasteiger partial charge is 0.497 e. The molecule has 0 amide bonds. The lowest BCUT2D eigenvalue weighted by atomic mass is 10.2. The van der Waals surface area contributed by atoms with E-state index >= 15 is 0 Å². The highest BCUT2D eigenvalue weighted by Gasteiger charge is 2.14. The Kier molecular flexibility index (Phi) is 3.69. The number of nitrogens with zero attached hydrogens (tertiary/aromatic N) is 1. The second-order valence-corrected chi connectivity index (χ2v) is 5.89. The summed E-state index contributed by atoms with van der Waals surface area (Å²) in [5, 5.41) is 4.38. The van der Waals surface area contributed by atoms with Crippen molar-refractivity contribution in [3.05, 3.63) is 34.8 Å². The van der Waals surface area contributed by atoms with Gasteiger partial charge in [-0.15, -0.1) is 11.3 Å². The molecule has 0 fully saturated rings. The van der Waals surface area contributed by atoms with Gasteiger partial charge in [-0.2, -0.15) is 0 Å². The summed E-state index contributed by atoms with van der Waals surface area (Å²) in [7, 11) is 1.69. The van der Waals surface area contributed by atoms with Gasteiger partial charge in [0.2, 0.25) is 0 Å². The number of benzene rings is 1. The Morgan fingerprint density at radius 3 is 3.00 bits per heavy atom. The van der Waals surface area contributed by atoms with Gasteiger partial charge in [-0.3, -0.25) is 0 Å². The molecule has 3 nitrogen and oxygen atoms in total. The van der Waals surface area contributed by atoms with Crippen molar-refractivity contribution < 1.29 is 4.74 Å². The zero-order valence-electron chi connectivity index (χ0n) is 11.1. The molecule has 1 aromatic carbocycles. The average molecular weight is 274 g/mol. The molecule has 0 saturated carbocycles. The van der Waals surface area contributed by atoms with Gasteiger partial charge in [-0.1, -0.05) is 12.5 Å². The van der Waals surface area contributed by atoms with E-state index in [0.29, 0.717) is 0 Å². The summed E-state index contributed by atoms with van der Waals surface area (Å²) in [6.45, 7) is 0. The third kappa shape index (κ3) is 2.89. The van der Waals surface area contributed by atoms with Crippen LogP contribution in [0.4, 0.5) is 10.8 Å². The number of aromatic nitrogens is 1. The van der Waals surface area contributed by atoms with E-state index in [1.807, 2.05) is 24.3 Å². The van der Waals surface area contributed by atoms with Crippen LogP contribution < -0.4 is 10.1 Å². The van der Waals surface area contributed by atoms with Gasteiger partial charge < -0.3 is 10.1 Å². The molecule has 19 heavy (non-hydrogen) atoms. The Hall–Kier alpha value is -1.55. The Balaban J connectivity index is 1.79. The minimum absolute atomic E-state index is 0.864. The quantitative estimate of drug-likeness (QED) is 0.853. The van der Waals surface area contributed by atoms with Gasteiger partial charge in [0, 0.05) is 16.6 Å². The highest BCUT2D eigenvalue weighted by atomic mass is 32.1. The standard InChI is InChI=1S/C15H18N2OS/c1-18-12-7-5-6-11(10-12)16-15-17-13-8-3-2-4-9-14(13)19-15/h5-7,10H,2-4,8-9H2,1H3,(H,16,17). The van der Waals surface area contributed by atoms with E-state index in [1.54, 1.807) is 18.4 Å².